The number of fused-ring (bicyclic) bond motifs is 1. The highest BCUT2D eigenvalue weighted by molar-refractivity contribution is 5.55. The Morgan fingerprint density at radius 1 is 1.17 bits per heavy atom. The van der Waals surface area contributed by atoms with Gasteiger partial charge in [0.1, 0.15) is 11.5 Å². The zero-order valence-corrected chi connectivity index (χ0v) is 10.6. The third kappa shape index (κ3) is 1.85. The summed E-state index contributed by atoms with van der Waals surface area (Å²) in [7, 11) is 1.94. The fourth-order valence-electron chi connectivity index (χ4n) is 2.49. The highest BCUT2D eigenvalue weighted by Crippen LogP contribution is 2.25. The lowest BCUT2D eigenvalue weighted by molar-refractivity contribution is 0.709. The van der Waals surface area contributed by atoms with Crippen LogP contribution in [0.2, 0.25) is 0 Å². The first-order chi connectivity index (χ1) is 8.75. The zero-order valence-electron chi connectivity index (χ0n) is 10.6. The summed E-state index contributed by atoms with van der Waals surface area (Å²) < 4.78 is 1.91. The van der Waals surface area contributed by atoms with Gasteiger partial charge in [-0.2, -0.15) is 0 Å². The monoisotopic (exact) mass is 243 g/mol. The van der Waals surface area contributed by atoms with E-state index in [-0.39, 0.29) is 0 Å². The summed E-state index contributed by atoms with van der Waals surface area (Å²) in [5.41, 5.74) is 9.27. The normalized spacial score (nSPS) is 15.2. The molecule has 18 heavy (non-hydrogen) atoms. The van der Waals surface area contributed by atoms with Gasteiger partial charge in [-0.3, -0.25) is 0 Å². The number of aryl methyl sites for hydroxylation is 2. The maximum Gasteiger partial charge on any atom is 0.180 e. The van der Waals surface area contributed by atoms with E-state index in [9.17, 15) is 0 Å². The summed E-state index contributed by atoms with van der Waals surface area (Å²) >= 11 is 0. The quantitative estimate of drug-likeness (QED) is 0.774. The second-order valence-corrected chi connectivity index (χ2v) is 4.81. The number of imidazole rings is 1. The molecule has 2 aromatic rings. The summed E-state index contributed by atoms with van der Waals surface area (Å²) in [6, 6.07) is 0. The lowest BCUT2D eigenvalue weighted by Crippen LogP contribution is -2.07. The summed E-state index contributed by atoms with van der Waals surface area (Å²) in [5, 5.41) is 0. The molecule has 5 heteroatoms. The molecule has 0 aromatic carbocycles. The van der Waals surface area contributed by atoms with Crippen molar-refractivity contribution in [2.24, 2.45) is 7.05 Å². The standard InChI is InChI=1S/C13H17N5/c1-18-8-15-7-11(18)13-16-10-6-4-2-3-5-9(10)12(14)17-13/h7-8H,2-6H2,1H3,(H2,14,16,17). The number of aromatic nitrogens is 4. The fraction of sp³-hybridized carbons (Fsp3) is 0.462. The first-order valence-corrected chi connectivity index (χ1v) is 6.37. The molecule has 0 unspecified atom stereocenters. The van der Waals surface area contributed by atoms with Crippen LogP contribution in [0.15, 0.2) is 12.5 Å². The van der Waals surface area contributed by atoms with Gasteiger partial charge in [-0.15, -0.1) is 0 Å². The van der Waals surface area contributed by atoms with Crippen molar-refractivity contribution in [2.75, 3.05) is 5.73 Å². The predicted octanol–water partition coefficient (Wildman–Crippen LogP) is 1.73. The lowest BCUT2D eigenvalue weighted by atomic mass is 10.1. The number of anilines is 1. The van der Waals surface area contributed by atoms with Crippen LogP contribution in [0, 0.1) is 0 Å². The first-order valence-electron chi connectivity index (χ1n) is 6.37. The van der Waals surface area contributed by atoms with Crippen molar-refractivity contribution < 1.29 is 0 Å². The average molecular weight is 243 g/mol. The summed E-state index contributed by atoms with van der Waals surface area (Å²) in [6.07, 6.45) is 9.16. The van der Waals surface area contributed by atoms with Gasteiger partial charge in [0.15, 0.2) is 5.82 Å². The van der Waals surface area contributed by atoms with Crippen LogP contribution in [0.3, 0.4) is 0 Å². The molecular formula is C13H17N5. The minimum Gasteiger partial charge on any atom is -0.383 e. The molecule has 0 amide bonds. The number of hydrogen-bond acceptors (Lipinski definition) is 4. The molecule has 0 bridgehead atoms. The van der Waals surface area contributed by atoms with Crippen LogP contribution < -0.4 is 5.73 Å². The van der Waals surface area contributed by atoms with Gasteiger partial charge in [-0.05, 0) is 25.7 Å². The van der Waals surface area contributed by atoms with Crippen LogP contribution in [0.5, 0.6) is 0 Å². The molecule has 0 atom stereocenters. The Morgan fingerprint density at radius 2 is 2.00 bits per heavy atom. The van der Waals surface area contributed by atoms with E-state index in [0.29, 0.717) is 11.6 Å². The Kier molecular flexibility index (Phi) is 2.74. The van der Waals surface area contributed by atoms with Crippen LogP contribution in [-0.2, 0) is 19.9 Å². The maximum atomic E-state index is 6.09. The minimum absolute atomic E-state index is 0.637. The average Bonchev–Trinajstić information content (AvgIpc) is 2.63. The van der Waals surface area contributed by atoms with E-state index in [1.165, 1.54) is 19.3 Å². The van der Waals surface area contributed by atoms with Crippen LogP contribution in [-0.4, -0.2) is 19.5 Å². The van der Waals surface area contributed by atoms with Crippen molar-refractivity contribution in [2.45, 2.75) is 32.1 Å². The van der Waals surface area contributed by atoms with Gasteiger partial charge in [-0.1, -0.05) is 6.42 Å². The van der Waals surface area contributed by atoms with E-state index in [0.717, 1.165) is 29.8 Å². The van der Waals surface area contributed by atoms with Crippen molar-refractivity contribution in [3.8, 4) is 11.5 Å². The molecule has 0 radical (unpaired) electrons. The van der Waals surface area contributed by atoms with Crippen molar-refractivity contribution in [3.63, 3.8) is 0 Å². The van der Waals surface area contributed by atoms with Crippen LogP contribution in [0.1, 0.15) is 30.5 Å². The Hall–Kier alpha value is -1.91. The van der Waals surface area contributed by atoms with Crippen molar-refractivity contribution >= 4 is 5.82 Å². The third-order valence-electron chi connectivity index (χ3n) is 3.51. The summed E-state index contributed by atoms with van der Waals surface area (Å²) in [5.74, 6) is 1.33. The molecule has 94 valence electrons. The van der Waals surface area contributed by atoms with Gasteiger partial charge in [0.25, 0.3) is 0 Å². The molecule has 3 rings (SSSR count). The van der Waals surface area contributed by atoms with Gasteiger partial charge in [-0.25, -0.2) is 15.0 Å². The fourth-order valence-corrected chi connectivity index (χ4v) is 2.49. The van der Waals surface area contributed by atoms with E-state index in [1.807, 2.05) is 11.6 Å². The Morgan fingerprint density at radius 3 is 2.78 bits per heavy atom. The van der Waals surface area contributed by atoms with E-state index in [4.69, 9.17) is 5.73 Å². The molecular weight excluding hydrogens is 226 g/mol. The molecule has 0 saturated heterocycles. The van der Waals surface area contributed by atoms with E-state index < -0.39 is 0 Å². The highest BCUT2D eigenvalue weighted by Gasteiger charge is 2.16. The van der Waals surface area contributed by atoms with Crippen LogP contribution in [0.25, 0.3) is 11.5 Å². The molecule has 2 heterocycles. The molecule has 1 aliphatic rings. The highest BCUT2D eigenvalue weighted by atomic mass is 15.1. The molecule has 0 aliphatic heterocycles. The van der Waals surface area contributed by atoms with Gasteiger partial charge in [0, 0.05) is 18.3 Å². The van der Waals surface area contributed by atoms with Gasteiger partial charge in [0.05, 0.1) is 12.5 Å². The predicted molar refractivity (Wildman–Crippen MR) is 69.9 cm³/mol. The van der Waals surface area contributed by atoms with E-state index in [2.05, 4.69) is 15.0 Å². The number of nitrogen functional groups attached to an aromatic ring is 1. The first kappa shape index (κ1) is 11.2. The largest absolute Gasteiger partial charge is 0.383 e. The molecule has 0 spiro atoms. The van der Waals surface area contributed by atoms with Crippen molar-refractivity contribution in [3.05, 3.63) is 23.8 Å². The summed E-state index contributed by atoms with van der Waals surface area (Å²) in [4.78, 5) is 13.2. The molecule has 2 N–H and O–H groups in total. The van der Waals surface area contributed by atoms with Crippen molar-refractivity contribution in [1.82, 2.24) is 19.5 Å². The second-order valence-electron chi connectivity index (χ2n) is 4.81. The second kappa shape index (κ2) is 4.40. The maximum absolute atomic E-state index is 6.09. The summed E-state index contributed by atoms with van der Waals surface area (Å²) in [6.45, 7) is 0. The van der Waals surface area contributed by atoms with Crippen LogP contribution >= 0.6 is 0 Å². The van der Waals surface area contributed by atoms with E-state index in [1.54, 1.807) is 12.5 Å². The van der Waals surface area contributed by atoms with Gasteiger partial charge >= 0.3 is 0 Å². The van der Waals surface area contributed by atoms with Crippen molar-refractivity contribution in [1.29, 1.82) is 0 Å². The minimum atomic E-state index is 0.637. The van der Waals surface area contributed by atoms with E-state index >= 15 is 0 Å². The molecule has 0 saturated carbocycles. The van der Waals surface area contributed by atoms with Gasteiger partial charge < -0.3 is 10.3 Å². The zero-order chi connectivity index (χ0) is 12.5. The van der Waals surface area contributed by atoms with Crippen LogP contribution in [0.4, 0.5) is 5.82 Å². The Bertz CT molecular complexity index is 573. The topological polar surface area (TPSA) is 69.6 Å². The van der Waals surface area contributed by atoms with Gasteiger partial charge in [0.2, 0.25) is 0 Å². The smallest absolute Gasteiger partial charge is 0.180 e. The Labute approximate surface area is 106 Å². The molecule has 2 aromatic heterocycles. The number of rotatable bonds is 1. The lowest BCUT2D eigenvalue weighted by Gasteiger charge is -2.10. The number of nitrogens with two attached hydrogens (primary N) is 1. The molecule has 1 aliphatic carbocycles. The third-order valence-corrected chi connectivity index (χ3v) is 3.51. The molecule has 0 fully saturated rings. The SMILES string of the molecule is Cn1cncc1-c1nc(N)c2c(n1)CCCCC2. The number of nitrogens with zero attached hydrogens (tertiary/aromatic N) is 4. The Balaban J connectivity index is 2.11. The number of hydrogen-bond donors (Lipinski definition) is 1. The molecule has 5 nitrogen and oxygen atoms in total.